The minimum atomic E-state index is 0.325. The third kappa shape index (κ3) is 3.57. The maximum absolute atomic E-state index is 6.27. The first-order valence-corrected chi connectivity index (χ1v) is 8.82. The van der Waals surface area contributed by atoms with Crippen LogP contribution in [-0.2, 0) is 0 Å². The van der Waals surface area contributed by atoms with Crippen LogP contribution in [0, 0.1) is 17.3 Å². The zero-order valence-electron chi connectivity index (χ0n) is 14.3. The van der Waals surface area contributed by atoms with Crippen LogP contribution in [0.3, 0.4) is 0 Å². The van der Waals surface area contributed by atoms with Crippen molar-refractivity contribution in [3.8, 4) is 0 Å². The lowest BCUT2D eigenvalue weighted by Gasteiger charge is -2.49. The maximum atomic E-state index is 6.27. The summed E-state index contributed by atoms with van der Waals surface area (Å²) in [4.78, 5) is 2.77. The van der Waals surface area contributed by atoms with Crippen molar-refractivity contribution < 1.29 is 0 Å². The molecule has 2 nitrogen and oxygen atoms in total. The van der Waals surface area contributed by atoms with Gasteiger partial charge in [0.1, 0.15) is 0 Å². The predicted molar refractivity (Wildman–Crippen MR) is 87.8 cm³/mol. The van der Waals surface area contributed by atoms with E-state index in [1.165, 1.54) is 58.0 Å². The molecule has 1 heterocycles. The van der Waals surface area contributed by atoms with Gasteiger partial charge >= 0.3 is 0 Å². The average Bonchev–Trinajstić information content (AvgIpc) is 2.63. The Kier molecular flexibility index (Phi) is 5.18. The van der Waals surface area contributed by atoms with Gasteiger partial charge in [0.25, 0.3) is 0 Å². The molecular weight excluding hydrogens is 244 g/mol. The number of nitrogens with two attached hydrogens (primary N) is 1. The molecule has 2 aliphatic rings. The fourth-order valence-electron chi connectivity index (χ4n) is 4.41. The van der Waals surface area contributed by atoms with Crippen LogP contribution in [0.5, 0.6) is 0 Å². The van der Waals surface area contributed by atoms with Crippen molar-refractivity contribution in [2.75, 3.05) is 19.6 Å². The second-order valence-electron chi connectivity index (χ2n) is 8.59. The fourth-order valence-corrected chi connectivity index (χ4v) is 4.41. The largest absolute Gasteiger partial charge is 0.329 e. The molecule has 0 aromatic heterocycles. The monoisotopic (exact) mass is 280 g/mol. The second kappa shape index (κ2) is 6.36. The maximum Gasteiger partial charge on any atom is 0.0331 e. The van der Waals surface area contributed by atoms with Gasteiger partial charge in [-0.05, 0) is 75.3 Å². The third-order valence-corrected chi connectivity index (χ3v) is 6.21. The van der Waals surface area contributed by atoms with E-state index in [-0.39, 0.29) is 0 Å². The molecule has 1 saturated carbocycles. The van der Waals surface area contributed by atoms with Crippen LogP contribution < -0.4 is 5.73 Å². The number of nitrogens with zero attached hydrogens (tertiary/aromatic N) is 1. The number of hydrogen-bond acceptors (Lipinski definition) is 2. The van der Waals surface area contributed by atoms with Crippen LogP contribution >= 0.6 is 0 Å². The van der Waals surface area contributed by atoms with Crippen LogP contribution in [-0.4, -0.2) is 30.1 Å². The first-order chi connectivity index (χ1) is 9.37. The molecule has 0 amide bonds. The van der Waals surface area contributed by atoms with E-state index in [2.05, 4.69) is 32.6 Å². The molecule has 0 spiro atoms. The molecule has 118 valence electrons. The molecule has 0 aromatic carbocycles. The van der Waals surface area contributed by atoms with Crippen LogP contribution in [0.2, 0.25) is 0 Å². The molecule has 2 rings (SSSR count). The minimum absolute atomic E-state index is 0.325. The summed E-state index contributed by atoms with van der Waals surface area (Å²) in [6.45, 7) is 13.0. The Balaban J connectivity index is 2.01. The van der Waals surface area contributed by atoms with Gasteiger partial charge in [-0.15, -0.1) is 0 Å². The summed E-state index contributed by atoms with van der Waals surface area (Å²) >= 11 is 0. The molecule has 20 heavy (non-hydrogen) atoms. The van der Waals surface area contributed by atoms with Crippen molar-refractivity contribution in [3.05, 3.63) is 0 Å². The minimum Gasteiger partial charge on any atom is -0.329 e. The van der Waals surface area contributed by atoms with Gasteiger partial charge in [0.15, 0.2) is 0 Å². The van der Waals surface area contributed by atoms with Gasteiger partial charge in [-0.1, -0.05) is 27.7 Å². The summed E-state index contributed by atoms with van der Waals surface area (Å²) < 4.78 is 0. The van der Waals surface area contributed by atoms with E-state index in [0.29, 0.717) is 11.0 Å². The molecule has 2 heteroatoms. The van der Waals surface area contributed by atoms with Gasteiger partial charge in [0, 0.05) is 12.1 Å². The smallest absolute Gasteiger partial charge is 0.0331 e. The van der Waals surface area contributed by atoms with Crippen molar-refractivity contribution in [1.29, 1.82) is 0 Å². The van der Waals surface area contributed by atoms with Crippen molar-refractivity contribution in [2.24, 2.45) is 23.0 Å². The summed E-state index contributed by atoms with van der Waals surface area (Å²) in [5.74, 6) is 1.79. The lowest BCUT2D eigenvalue weighted by Crippen LogP contribution is -2.56. The molecule has 1 saturated heterocycles. The van der Waals surface area contributed by atoms with E-state index in [4.69, 9.17) is 5.73 Å². The van der Waals surface area contributed by atoms with E-state index in [9.17, 15) is 0 Å². The van der Waals surface area contributed by atoms with Crippen LogP contribution in [0.15, 0.2) is 0 Å². The van der Waals surface area contributed by atoms with E-state index in [1.807, 2.05) is 0 Å². The van der Waals surface area contributed by atoms with Crippen molar-refractivity contribution in [2.45, 2.75) is 78.2 Å². The Labute approximate surface area is 126 Å². The summed E-state index contributed by atoms with van der Waals surface area (Å²) in [5, 5.41) is 0. The summed E-state index contributed by atoms with van der Waals surface area (Å²) in [6.07, 6.45) is 9.51. The van der Waals surface area contributed by atoms with Gasteiger partial charge in [-0.2, -0.15) is 0 Å². The van der Waals surface area contributed by atoms with E-state index in [1.54, 1.807) is 0 Å². The first kappa shape index (κ1) is 16.3. The molecule has 1 unspecified atom stereocenters. The highest BCUT2D eigenvalue weighted by atomic mass is 15.2. The van der Waals surface area contributed by atoms with Gasteiger partial charge in [-0.25, -0.2) is 0 Å². The average molecular weight is 281 g/mol. The molecule has 2 fully saturated rings. The zero-order valence-corrected chi connectivity index (χ0v) is 14.3. The van der Waals surface area contributed by atoms with Gasteiger partial charge in [0.05, 0.1) is 0 Å². The predicted octanol–water partition coefficient (Wildman–Crippen LogP) is 4.04. The van der Waals surface area contributed by atoms with Crippen molar-refractivity contribution in [1.82, 2.24) is 4.90 Å². The molecule has 1 aliphatic carbocycles. The Hall–Kier alpha value is -0.0800. The summed E-state index contributed by atoms with van der Waals surface area (Å²) in [6, 6.07) is 0. The van der Waals surface area contributed by atoms with Crippen molar-refractivity contribution >= 4 is 0 Å². The van der Waals surface area contributed by atoms with Crippen LogP contribution in [0.25, 0.3) is 0 Å². The molecule has 1 aliphatic heterocycles. The quantitative estimate of drug-likeness (QED) is 0.827. The van der Waals surface area contributed by atoms with Crippen LogP contribution in [0.1, 0.15) is 72.6 Å². The number of likely N-dealkylation sites (tertiary alicyclic amines) is 1. The molecule has 0 bridgehead atoms. The highest BCUT2D eigenvalue weighted by Gasteiger charge is 2.41. The topological polar surface area (TPSA) is 29.3 Å². The SMILES string of the molecule is CC1CCCN(C2(CN)CCC(C(C)(C)C)CC2)CC1. The third-order valence-electron chi connectivity index (χ3n) is 6.21. The lowest BCUT2D eigenvalue weighted by molar-refractivity contribution is 0.0226. The summed E-state index contributed by atoms with van der Waals surface area (Å²) in [5.41, 5.74) is 7.06. The molecule has 0 aromatic rings. The highest BCUT2D eigenvalue weighted by molar-refractivity contribution is 4.98. The number of hydrogen-bond donors (Lipinski definition) is 1. The molecule has 0 radical (unpaired) electrons. The Morgan fingerprint density at radius 1 is 1.05 bits per heavy atom. The van der Waals surface area contributed by atoms with E-state index in [0.717, 1.165) is 18.4 Å². The highest BCUT2D eigenvalue weighted by Crippen LogP contribution is 2.43. The molecular formula is C18H36N2. The standard InChI is InChI=1S/C18H36N2/c1-15-6-5-12-20(13-9-15)18(14-19)10-7-16(8-11-18)17(2,3)4/h15-16H,5-14,19H2,1-4H3. The van der Waals surface area contributed by atoms with Crippen LogP contribution in [0.4, 0.5) is 0 Å². The van der Waals surface area contributed by atoms with Gasteiger partial charge < -0.3 is 5.73 Å². The first-order valence-electron chi connectivity index (χ1n) is 8.82. The van der Waals surface area contributed by atoms with E-state index >= 15 is 0 Å². The normalized spacial score (nSPS) is 37.6. The Morgan fingerprint density at radius 3 is 2.25 bits per heavy atom. The Bertz CT molecular complexity index is 297. The lowest BCUT2D eigenvalue weighted by atomic mass is 9.66. The van der Waals surface area contributed by atoms with Gasteiger partial charge in [-0.3, -0.25) is 4.90 Å². The molecule has 2 N–H and O–H groups in total. The molecule has 1 atom stereocenters. The number of rotatable bonds is 2. The second-order valence-corrected chi connectivity index (χ2v) is 8.59. The summed E-state index contributed by atoms with van der Waals surface area (Å²) in [7, 11) is 0. The van der Waals surface area contributed by atoms with E-state index < -0.39 is 0 Å². The zero-order chi connectivity index (χ0) is 14.8. The fraction of sp³-hybridized carbons (Fsp3) is 1.00. The Morgan fingerprint density at radius 2 is 1.70 bits per heavy atom. The van der Waals surface area contributed by atoms with Gasteiger partial charge in [0.2, 0.25) is 0 Å². The van der Waals surface area contributed by atoms with Crippen molar-refractivity contribution in [3.63, 3.8) is 0 Å².